The zero-order chi connectivity index (χ0) is 13.9. The Labute approximate surface area is 116 Å². The van der Waals surface area contributed by atoms with E-state index in [1.165, 1.54) is 11.9 Å². The number of para-hydroxylation sites is 1. The number of fused-ring (bicyclic) bond motifs is 1. The second kappa shape index (κ2) is 5.16. The molecule has 20 heavy (non-hydrogen) atoms. The second-order valence-electron chi connectivity index (χ2n) is 4.44. The molecule has 0 atom stereocenters. The number of nitrogens with one attached hydrogen (secondary N) is 1. The molecule has 102 valence electrons. The minimum Gasteiger partial charge on any atom is -0.481 e. The van der Waals surface area contributed by atoms with E-state index in [0.717, 1.165) is 16.9 Å². The molecule has 1 aromatic carbocycles. The number of rotatable bonds is 4. The van der Waals surface area contributed by atoms with Crippen molar-refractivity contribution in [3.63, 3.8) is 0 Å². The van der Waals surface area contributed by atoms with Gasteiger partial charge in [-0.1, -0.05) is 12.1 Å². The van der Waals surface area contributed by atoms with Crippen LogP contribution in [0.25, 0.3) is 11.0 Å². The van der Waals surface area contributed by atoms with Crippen LogP contribution in [0, 0.1) is 0 Å². The van der Waals surface area contributed by atoms with E-state index in [1.54, 1.807) is 13.2 Å². The molecule has 0 fully saturated rings. The van der Waals surface area contributed by atoms with E-state index in [0.29, 0.717) is 12.4 Å². The third kappa shape index (κ3) is 2.27. The molecule has 0 saturated carbocycles. The van der Waals surface area contributed by atoms with Gasteiger partial charge in [-0.05, 0) is 11.6 Å². The van der Waals surface area contributed by atoms with E-state index >= 15 is 0 Å². The van der Waals surface area contributed by atoms with Crippen LogP contribution in [0.15, 0.2) is 36.9 Å². The van der Waals surface area contributed by atoms with Crippen molar-refractivity contribution in [2.45, 2.75) is 6.54 Å². The molecule has 2 aromatic heterocycles. The topological polar surface area (TPSA) is 64.9 Å². The Morgan fingerprint density at radius 3 is 3.00 bits per heavy atom. The number of ether oxygens (including phenoxy) is 1. The molecule has 6 nitrogen and oxygen atoms in total. The number of hydrogen-bond donors (Lipinski definition) is 1. The molecule has 0 aliphatic heterocycles. The number of imidazole rings is 1. The highest BCUT2D eigenvalue weighted by molar-refractivity contribution is 5.79. The molecule has 0 amide bonds. The fourth-order valence-corrected chi connectivity index (χ4v) is 2.17. The van der Waals surface area contributed by atoms with Gasteiger partial charge in [0.2, 0.25) is 5.88 Å². The third-order valence-corrected chi connectivity index (χ3v) is 3.13. The summed E-state index contributed by atoms with van der Waals surface area (Å²) in [5.41, 5.74) is 3.29. The van der Waals surface area contributed by atoms with Gasteiger partial charge in [-0.2, -0.15) is 0 Å². The highest BCUT2D eigenvalue weighted by atomic mass is 16.5. The zero-order valence-electron chi connectivity index (χ0n) is 11.4. The van der Waals surface area contributed by atoms with Crippen LogP contribution in [0.4, 0.5) is 5.82 Å². The Morgan fingerprint density at radius 2 is 2.15 bits per heavy atom. The van der Waals surface area contributed by atoms with E-state index in [4.69, 9.17) is 4.74 Å². The Hall–Kier alpha value is -2.63. The van der Waals surface area contributed by atoms with Gasteiger partial charge in [0.15, 0.2) is 0 Å². The van der Waals surface area contributed by atoms with Crippen LogP contribution in [0.3, 0.4) is 0 Å². The number of anilines is 1. The fourth-order valence-electron chi connectivity index (χ4n) is 2.17. The maximum Gasteiger partial charge on any atom is 0.218 e. The fraction of sp³-hybridized carbons (Fsp3) is 0.214. The van der Waals surface area contributed by atoms with E-state index in [2.05, 4.69) is 26.3 Å². The summed E-state index contributed by atoms with van der Waals surface area (Å²) in [4.78, 5) is 12.5. The van der Waals surface area contributed by atoms with Crippen molar-refractivity contribution in [3.8, 4) is 5.88 Å². The summed E-state index contributed by atoms with van der Waals surface area (Å²) in [6.07, 6.45) is 3.30. The van der Waals surface area contributed by atoms with Gasteiger partial charge in [-0.15, -0.1) is 0 Å². The lowest BCUT2D eigenvalue weighted by molar-refractivity contribution is 0.397. The highest BCUT2D eigenvalue weighted by Crippen LogP contribution is 2.18. The molecule has 2 heterocycles. The van der Waals surface area contributed by atoms with Gasteiger partial charge in [0.25, 0.3) is 0 Å². The first-order chi connectivity index (χ1) is 9.78. The molecule has 0 unspecified atom stereocenters. The first-order valence-corrected chi connectivity index (χ1v) is 6.27. The second-order valence-corrected chi connectivity index (χ2v) is 4.44. The predicted molar refractivity (Wildman–Crippen MR) is 76.6 cm³/mol. The number of hydrogen-bond acceptors (Lipinski definition) is 5. The summed E-state index contributed by atoms with van der Waals surface area (Å²) >= 11 is 0. The molecule has 0 saturated heterocycles. The first-order valence-electron chi connectivity index (χ1n) is 6.27. The lowest BCUT2D eigenvalue weighted by Gasteiger charge is -2.08. The average molecular weight is 269 g/mol. The predicted octanol–water partition coefficient (Wildman–Crippen LogP) is 1.98. The molecule has 0 spiro atoms. The summed E-state index contributed by atoms with van der Waals surface area (Å²) < 4.78 is 7.10. The number of methoxy groups -OCH3 is 1. The summed E-state index contributed by atoms with van der Waals surface area (Å²) in [5, 5.41) is 3.27. The molecule has 0 bridgehead atoms. The van der Waals surface area contributed by atoms with Gasteiger partial charge < -0.3 is 14.6 Å². The number of aromatic nitrogens is 4. The Kier molecular flexibility index (Phi) is 3.20. The highest BCUT2D eigenvalue weighted by Gasteiger charge is 2.06. The van der Waals surface area contributed by atoms with Crippen molar-refractivity contribution in [1.82, 2.24) is 19.5 Å². The van der Waals surface area contributed by atoms with E-state index in [-0.39, 0.29) is 0 Å². The maximum absolute atomic E-state index is 5.08. The largest absolute Gasteiger partial charge is 0.481 e. The lowest BCUT2D eigenvalue weighted by atomic mass is 10.2. The molecule has 0 aliphatic carbocycles. The molecule has 3 aromatic rings. The van der Waals surface area contributed by atoms with Crippen LogP contribution in [0.2, 0.25) is 0 Å². The van der Waals surface area contributed by atoms with Crippen LogP contribution in [0.1, 0.15) is 5.56 Å². The smallest absolute Gasteiger partial charge is 0.218 e. The molecule has 6 heteroatoms. The molecular weight excluding hydrogens is 254 g/mol. The monoisotopic (exact) mass is 269 g/mol. The number of nitrogens with zero attached hydrogens (tertiary/aromatic N) is 4. The van der Waals surface area contributed by atoms with Gasteiger partial charge in [0, 0.05) is 19.7 Å². The van der Waals surface area contributed by atoms with Gasteiger partial charge >= 0.3 is 0 Å². The van der Waals surface area contributed by atoms with Crippen LogP contribution < -0.4 is 10.1 Å². The van der Waals surface area contributed by atoms with Crippen molar-refractivity contribution in [3.05, 3.63) is 42.5 Å². The van der Waals surface area contributed by atoms with Crippen molar-refractivity contribution in [1.29, 1.82) is 0 Å². The van der Waals surface area contributed by atoms with Crippen molar-refractivity contribution in [2.75, 3.05) is 12.4 Å². The normalized spacial score (nSPS) is 10.7. The van der Waals surface area contributed by atoms with Gasteiger partial charge in [0.05, 0.1) is 24.5 Å². The Balaban J connectivity index is 1.84. The van der Waals surface area contributed by atoms with E-state index < -0.39 is 0 Å². The Bertz CT molecular complexity index is 737. The van der Waals surface area contributed by atoms with Crippen molar-refractivity contribution < 1.29 is 4.74 Å². The van der Waals surface area contributed by atoms with Crippen LogP contribution >= 0.6 is 0 Å². The summed E-state index contributed by atoms with van der Waals surface area (Å²) in [6.45, 7) is 0.664. The number of benzene rings is 1. The minimum absolute atomic E-state index is 0.543. The van der Waals surface area contributed by atoms with E-state index in [1.807, 2.05) is 30.1 Å². The Morgan fingerprint density at radius 1 is 1.25 bits per heavy atom. The molecule has 0 radical (unpaired) electrons. The van der Waals surface area contributed by atoms with Gasteiger partial charge in [-0.25, -0.2) is 15.0 Å². The lowest BCUT2D eigenvalue weighted by Crippen LogP contribution is -2.04. The van der Waals surface area contributed by atoms with Gasteiger partial charge in [0.1, 0.15) is 12.1 Å². The maximum atomic E-state index is 5.08. The van der Waals surface area contributed by atoms with Gasteiger partial charge in [-0.3, -0.25) is 0 Å². The summed E-state index contributed by atoms with van der Waals surface area (Å²) in [5.74, 6) is 1.28. The van der Waals surface area contributed by atoms with Crippen molar-refractivity contribution >= 4 is 16.9 Å². The molecule has 1 N–H and O–H groups in total. The van der Waals surface area contributed by atoms with Crippen LogP contribution in [-0.4, -0.2) is 26.6 Å². The average Bonchev–Trinajstić information content (AvgIpc) is 2.88. The summed E-state index contributed by atoms with van der Waals surface area (Å²) in [7, 11) is 3.58. The van der Waals surface area contributed by atoms with Crippen LogP contribution in [-0.2, 0) is 13.6 Å². The zero-order valence-corrected chi connectivity index (χ0v) is 11.4. The molecule has 0 aliphatic rings. The first kappa shape index (κ1) is 12.4. The summed E-state index contributed by atoms with van der Waals surface area (Å²) in [6, 6.07) is 7.86. The number of aryl methyl sites for hydroxylation is 1. The minimum atomic E-state index is 0.543. The van der Waals surface area contributed by atoms with Crippen LogP contribution in [0.5, 0.6) is 5.88 Å². The van der Waals surface area contributed by atoms with E-state index in [9.17, 15) is 0 Å². The van der Waals surface area contributed by atoms with Crippen molar-refractivity contribution in [2.24, 2.45) is 7.05 Å². The third-order valence-electron chi connectivity index (χ3n) is 3.13. The molecular formula is C14H15N5O. The molecule has 3 rings (SSSR count). The SMILES string of the molecule is COc1cc(NCc2cccc3ncn(C)c23)ncn1. The quantitative estimate of drug-likeness (QED) is 0.784. The standard InChI is InChI=1S/C14H15N5O/c1-19-9-18-11-5-3-4-10(14(11)19)7-15-12-6-13(20-2)17-8-16-12/h3-6,8-9H,7H2,1-2H3,(H,15,16,17).